The number of fused-ring (bicyclic) bond motifs is 3. The molecular formula is C14H19NO3S. The maximum Gasteiger partial charge on any atom is 0.155 e. The highest BCUT2D eigenvalue weighted by Crippen LogP contribution is 2.37. The lowest BCUT2D eigenvalue weighted by Crippen LogP contribution is -2.38. The third-order valence-corrected chi connectivity index (χ3v) is 6.47. The summed E-state index contributed by atoms with van der Waals surface area (Å²) in [7, 11) is -1.32. The minimum Gasteiger partial charge on any atom is -0.497 e. The molecule has 2 aliphatic rings. The van der Waals surface area contributed by atoms with Crippen LogP contribution in [0.4, 0.5) is 0 Å². The number of hydrogen-bond acceptors (Lipinski definition) is 4. The van der Waals surface area contributed by atoms with E-state index in [0.717, 1.165) is 24.3 Å². The molecule has 1 aliphatic heterocycles. The van der Waals surface area contributed by atoms with Crippen LogP contribution in [0.1, 0.15) is 30.0 Å². The number of ether oxygens (including phenoxy) is 1. The molecule has 2 atom stereocenters. The van der Waals surface area contributed by atoms with Gasteiger partial charge in [0, 0.05) is 6.04 Å². The SMILES string of the molecule is COc1ccc2c(c1)CCC1C2NCCCS1(=O)=O. The molecule has 19 heavy (non-hydrogen) atoms. The highest BCUT2D eigenvalue weighted by molar-refractivity contribution is 7.92. The number of methoxy groups -OCH3 is 1. The number of hydrogen-bond donors (Lipinski definition) is 1. The quantitative estimate of drug-likeness (QED) is 0.846. The van der Waals surface area contributed by atoms with E-state index in [1.165, 1.54) is 5.56 Å². The molecule has 0 spiro atoms. The van der Waals surface area contributed by atoms with E-state index in [1.54, 1.807) is 7.11 Å². The molecule has 1 saturated heterocycles. The van der Waals surface area contributed by atoms with E-state index in [4.69, 9.17) is 4.74 Å². The standard InChI is InChI=1S/C14H19NO3S/c1-18-11-4-5-12-10(9-11)3-6-13-14(12)15-7-2-8-19(13,16)17/h4-5,9,13-15H,2-3,6-8H2,1H3. The summed E-state index contributed by atoms with van der Waals surface area (Å²) in [6.07, 6.45) is 2.23. The molecular weight excluding hydrogens is 262 g/mol. The van der Waals surface area contributed by atoms with Gasteiger partial charge in [0.2, 0.25) is 0 Å². The van der Waals surface area contributed by atoms with Crippen molar-refractivity contribution < 1.29 is 13.2 Å². The van der Waals surface area contributed by atoms with Gasteiger partial charge in [-0.1, -0.05) is 6.07 Å². The molecule has 1 fully saturated rings. The van der Waals surface area contributed by atoms with Gasteiger partial charge in [0.25, 0.3) is 0 Å². The Morgan fingerprint density at radius 3 is 3.00 bits per heavy atom. The molecule has 1 heterocycles. The van der Waals surface area contributed by atoms with E-state index in [2.05, 4.69) is 5.32 Å². The van der Waals surface area contributed by atoms with Crippen LogP contribution in [0.25, 0.3) is 0 Å². The van der Waals surface area contributed by atoms with E-state index < -0.39 is 9.84 Å². The van der Waals surface area contributed by atoms with Crippen molar-refractivity contribution in [3.05, 3.63) is 29.3 Å². The van der Waals surface area contributed by atoms with Crippen LogP contribution in [0, 0.1) is 0 Å². The maximum atomic E-state index is 12.3. The zero-order valence-corrected chi connectivity index (χ0v) is 11.9. The van der Waals surface area contributed by atoms with Gasteiger partial charge < -0.3 is 10.1 Å². The Hall–Kier alpha value is -1.07. The second kappa shape index (κ2) is 4.80. The lowest BCUT2D eigenvalue weighted by Gasteiger charge is -2.32. The van der Waals surface area contributed by atoms with Crippen molar-refractivity contribution in [3.8, 4) is 5.75 Å². The molecule has 1 aliphatic carbocycles. The lowest BCUT2D eigenvalue weighted by molar-refractivity contribution is 0.411. The Labute approximate surface area is 114 Å². The molecule has 0 radical (unpaired) electrons. The van der Waals surface area contributed by atoms with E-state index in [0.29, 0.717) is 18.6 Å². The summed E-state index contributed by atoms with van der Waals surface area (Å²) in [5.74, 6) is 1.15. The molecule has 0 saturated carbocycles. The zero-order valence-electron chi connectivity index (χ0n) is 11.1. The molecule has 2 unspecified atom stereocenters. The summed E-state index contributed by atoms with van der Waals surface area (Å²) in [5.41, 5.74) is 2.34. The van der Waals surface area contributed by atoms with E-state index >= 15 is 0 Å². The van der Waals surface area contributed by atoms with E-state index in [9.17, 15) is 8.42 Å². The summed E-state index contributed by atoms with van der Waals surface area (Å²) < 4.78 is 29.9. The van der Waals surface area contributed by atoms with Crippen molar-refractivity contribution in [1.82, 2.24) is 5.32 Å². The fourth-order valence-corrected chi connectivity index (χ4v) is 5.19. The summed E-state index contributed by atoms with van der Waals surface area (Å²) in [6, 6.07) is 5.91. The van der Waals surface area contributed by atoms with Crippen LogP contribution in [0.2, 0.25) is 0 Å². The fourth-order valence-electron chi connectivity index (χ4n) is 3.20. The fraction of sp³-hybridized carbons (Fsp3) is 0.571. The first-order valence-electron chi connectivity index (χ1n) is 6.73. The van der Waals surface area contributed by atoms with Gasteiger partial charge in [0.15, 0.2) is 9.84 Å². The predicted molar refractivity (Wildman–Crippen MR) is 74.3 cm³/mol. The normalized spacial score (nSPS) is 28.9. The largest absolute Gasteiger partial charge is 0.497 e. The Morgan fingerprint density at radius 1 is 1.37 bits per heavy atom. The molecule has 0 amide bonds. The Bertz CT molecular complexity index is 582. The Kier molecular flexibility index (Phi) is 3.27. The zero-order chi connectivity index (χ0) is 13.5. The second-order valence-corrected chi connectivity index (χ2v) is 7.63. The van der Waals surface area contributed by atoms with Crippen LogP contribution >= 0.6 is 0 Å². The van der Waals surface area contributed by atoms with Crippen LogP contribution < -0.4 is 10.1 Å². The molecule has 4 nitrogen and oxygen atoms in total. The molecule has 3 rings (SSSR count). The van der Waals surface area contributed by atoms with Crippen molar-refractivity contribution in [2.24, 2.45) is 0 Å². The lowest BCUT2D eigenvalue weighted by atomic mass is 9.87. The highest BCUT2D eigenvalue weighted by Gasteiger charge is 2.39. The van der Waals surface area contributed by atoms with Gasteiger partial charge in [-0.05, 0) is 49.1 Å². The van der Waals surface area contributed by atoms with Crippen molar-refractivity contribution in [2.45, 2.75) is 30.6 Å². The van der Waals surface area contributed by atoms with Crippen molar-refractivity contribution >= 4 is 9.84 Å². The minimum absolute atomic E-state index is 0.0536. The molecule has 5 heteroatoms. The number of nitrogens with one attached hydrogen (secondary N) is 1. The molecule has 0 bridgehead atoms. The Morgan fingerprint density at radius 2 is 2.21 bits per heavy atom. The summed E-state index contributed by atoms with van der Waals surface area (Å²) in [6.45, 7) is 0.770. The third-order valence-electron chi connectivity index (χ3n) is 4.19. The molecule has 0 aromatic heterocycles. The second-order valence-electron chi connectivity index (χ2n) is 5.29. The molecule has 104 valence electrons. The maximum absolute atomic E-state index is 12.3. The number of aryl methyl sites for hydroxylation is 1. The van der Waals surface area contributed by atoms with Crippen LogP contribution in [-0.2, 0) is 16.3 Å². The predicted octanol–water partition coefficient (Wildman–Crippen LogP) is 1.46. The van der Waals surface area contributed by atoms with Crippen LogP contribution in [0.5, 0.6) is 5.75 Å². The average Bonchev–Trinajstić information content (AvgIpc) is 2.57. The highest BCUT2D eigenvalue weighted by atomic mass is 32.2. The number of benzene rings is 1. The van der Waals surface area contributed by atoms with Gasteiger partial charge in [0.1, 0.15) is 5.75 Å². The topological polar surface area (TPSA) is 55.4 Å². The van der Waals surface area contributed by atoms with Gasteiger partial charge in [-0.3, -0.25) is 0 Å². The molecule has 1 N–H and O–H groups in total. The smallest absolute Gasteiger partial charge is 0.155 e. The number of rotatable bonds is 1. The first kappa shape index (κ1) is 12.9. The van der Waals surface area contributed by atoms with Gasteiger partial charge in [0.05, 0.1) is 18.1 Å². The van der Waals surface area contributed by atoms with Gasteiger partial charge in [-0.25, -0.2) is 8.42 Å². The van der Waals surface area contributed by atoms with Crippen LogP contribution in [0.3, 0.4) is 0 Å². The van der Waals surface area contributed by atoms with Crippen molar-refractivity contribution in [1.29, 1.82) is 0 Å². The first-order valence-corrected chi connectivity index (χ1v) is 8.45. The van der Waals surface area contributed by atoms with Crippen molar-refractivity contribution in [2.75, 3.05) is 19.4 Å². The van der Waals surface area contributed by atoms with Gasteiger partial charge in [-0.15, -0.1) is 0 Å². The minimum atomic E-state index is -2.97. The van der Waals surface area contributed by atoms with Crippen molar-refractivity contribution in [3.63, 3.8) is 0 Å². The Balaban J connectivity index is 2.04. The van der Waals surface area contributed by atoms with E-state index in [-0.39, 0.29) is 11.3 Å². The average molecular weight is 281 g/mol. The first-order chi connectivity index (χ1) is 9.12. The van der Waals surface area contributed by atoms with Gasteiger partial charge in [-0.2, -0.15) is 0 Å². The summed E-state index contributed by atoms with van der Waals surface area (Å²) >= 11 is 0. The van der Waals surface area contributed by atoms with Crippen LogP contribution in [0.15, 0.2) is 18.2 Å². The third kappa shape index (κ3) is 2.25. The summed E-state index contributed by atoms with van der Waals surface area (Å²) in [5, 5.41) is 3.15. The van der Waals surface area contributed by atoms with Crippen LogP contribution in [-0.4, -0.2) is 33.1 Å². The van der Waals surface area contributed by atoms with Gasteiger partial charge >= 0.3 is 0 Å². The molecule has 1 aromatic carbocycles. The summed E-state index contributed by atoms with van der Waals surface area (Å²) in [4.78, 5) is 0. The monoisotopic (exact) mass is 281 g/mol. The molecule has 1 aromatic rings. The van der Waals surface area contributed by atoms with E-state index in [1.807, 2.05) is 18.2 Å². The number of sulfone groups is 1.